The number of ether oxygens (including phenoxy) is 1. The number of pyridine rings is 1. The third kappa shape index (κ3) is 4.28. The molecule has 2 aromatic carbocycles. The topological polar surface area (TPSA) is 80.5 Å². The summed E-state index contributed by atoms with van der Waals surface area (Å²) in [5.74, 6) is 1.15. The molecule has 5 rings (SSSR count). The van der Waals surface area contributed by atoms with Crippen LogP contribution in [0.4, 0.5) is 10.2 Å². The van der Waals surface area contributed by atoms with E-state index in [1.165, 1.54) is 11.6 Å². The van der Waals surface area contributed by atoms with Gasteiger partial charge >= 0.3 is 0 Å². The molecule has 0 bridgehead atoms. The first-order valence-corrected chi connectivity index (χ1v) is 11.3. The summed E-state index contributed by atoms with van der Waals surface area (Å²) in [6, 6.07) is 13.9. The number of amides is 1. The smallest absolute Gasteiger partial charge is 0.240 e. The number of carbonyl (C=O) groups excluding carboxylic acids is 1. The molecule has 1 amide bonds. The predicted molar refractivity (Wildman–Crippen MR) is 125 cm³/mol. The summed E-state index contributed by atoms with van der Waals surface area (Å²) < 4.78 is 20.8. The van der Waals surface area contributed by atoms with Crippen molar-refractivity contribution in [3.63, 3.8) is 0 Å². The maximum Gasteiger partial charge on any atom is 0.240 e. The van der Waals surface area contributed by atoms with Crippen LogP contribution in [-0.2, 0) is 24.2 Å². The second-order valence-corrected chi connectivity index (χ2v) is 8.81. The predicted octanol–water partition coefficient (Wildman–Crippen LogP) is 4.00. The van der Waals surface area contributed by atoms with E-state index >= 15 is 0 Å². The number of benzene rings is 2. The van der Waals surface area contributed by atoms with Gasteiger partial charge in [-0.25, -0.2) is 9.37 Å². The molecule has 2 unspecified atom stereocenters. The summed E-state index contributed by atoms with van der Waals surface area (Å²) >= 11 is 0. The van der Waals surface area contributed by atoms with Crippen LogP contribution in [0.1, 0.15) is 35.1 Å². The fourth-order valence-electron chi connectivity index (χ4n) is 4.65. The first kappa shape index (κ1) is 21.4. The number of nitrogens with zero attached hydrogens (tertiary/aromatic N) is 2. The number of halogens is 1. The van der Waals surface area contributed by atoms with Crippen LogP contribution in [0.2, 0.25) is 0 Å². The quantitative estimate of drug-likeness (QED) is 0.619. The highest BCUT2D eigenvalue weighted by Gasteiger charge is 2.26. The molecule has 2 aliphatic rings. The number of hydrogen-bond acceptors (Lipinski definition) is 5. The van der Waals surface area contributed by atoms with E-state index in [1.807, 2.05) is 18.2 Å². The molecule has 170 valence electrons. The Bertz CT molecular complexity index is 1200. The summed E-state index contributed by atoms with van der Waals surface area (Å²) in [6.07, 6.45) is 2.73. The summed E-state index contributed by atoms with van der Waals surface area (Å²) in [5, 5.41) is 3.23. The maximum absolute atomic E-state index is 14.9. The van der Waals surface area contributed by atoms with Gasteiger partial charge in [-0.05, 0) is 47.7 Å². The van der Waals surface area contributed by atoms with Crippen LogP contribution >= 0.6 is 0 Å². The van der Waals surface area contributed by atoms with Gasteiger partial charge in [0.25, 0.3) is 0 Å². The lowest BCUT2D eigenvalue weighted by Gasteiger charge is -2.31. The largest absolute Gasteiger partial charge is 0.454 e. The van der Waals surface area contributed by atoms with Gasteiger partial charge in [0.15, 0.2) is 11.6 Å². The van der Waals surface area contributed by atoms with E-state index in [0.29, 0.717) is 24.4 Å². The summed E-state index contributed by atoms with van der Waals surface area (Å²) in [7, 11) is 0. The van der Waals surface area contributed by atoms with Gasteiger partial charge in [0, 0.05) is 37.3 Å². The number of anilines is 1. The van der Waals surface area contributed by atoms with Gasteiger partial charge < -0.3 is 20.7 Å². The normalized spacial score (nSPS) is 17.7. The first-order valence-electron chi connectivity index (χ1n) is 11.3. The van der Waals surface area contributed by atoms with E-state index in [2.05, 4.69) is 23.3 Å². The molecular weight excluding hydrogens is 419 g/mol. The van der Waals surface area contributed by atoms with Gasteiger partial charge in [-0.2, -0.15) is 0 Å². The number of carbonyl (C=O) groups is 1. The van der Waals surface area contributed by atoms with Crippen molar-refractivity contribution in [3.05, 3.63) is 82.8 Å². The van der Waals surface area contributed by atoms with Crippen LogP contribution in [-0.4, -0.2) is 34.9 Å². The van der Waals surface area contributed by atoms with Crippen LogP contribution in [0.15, 0.2) is 54.7 Å². The second-order valence-electron chi connectivity index (χ2n) is 8.81. The van der Waals surface area contributed by atoms with Crippen molar-refractivity contribution < 1.29 is 13.9 Å². The Morgan fingerprint density at radius 3 is 2.88 bits per heavy atom. The highest BCUT2D eigenvalue weighted by atomic mass is 19.1. The zero-order valence-electron chi connectivity index (χ0n) is 18.6. The lowest BCUT2D eigenvalue weighted by Crippen LogP contribution is -2.46. The summed E-state index contributed by atoms with van der Waals surface area (Å²) in [4.78, 5) is 19.0. The number of nitrogens with two attached hydrogens (primary N) is 1. The second kappa shape index (κ2) is 8.83. The van der Waals surface area contributed by atoms with Gasteiger partial charge in [-0.3, -0.25) is 4.79 Å². The van der Waals surface area contributed by atoms with Crippen molar-refractivity contribution in [2.45, 2.75) is 38.3 Å². The first-order chi connectivity index (χ1) is 16.0. The van der Waals surface area contributed by atoms with Gasteiger partial charge in [0.1, 0.15) is 11.6 Å². The number of rotatable bonds is 5. The molecule has 3 N–H and O–H groups in total. The molecule has 0 spiro atoms. The Hall–Kier alpha value is -3.45. The van der Waals surface area contributed by atoms with Crippen LogP contribution < -0.4 is 15.8 Å². The Morgan fingerprint density at radius 1 is 1.24 bits per heavy atom. The minimum Gasteiger partial charge on any atom is -0.454 e. The molecule has 7 heteroatoms. The molecule has 2 atom stereocenters. The molecule has 0 saturated heterocycles. The Morgan fingerprint density at radius 2 is 2.06 bits per heavy atom. The molecule has 0 saturated carbocycles. The third-order valence-corrected chi connectivity index (χ3v) is 6.45. The zero-order chi connectivity index (χ0) is 22.9. The fraction of sp³-hybridized carbons (Fsp3) is 0.308. The average molecular weight is 447 g/mol. The summed E-state index contributed by atoms with van der Waals surface area (Å²) in [5.41, 5.74) is 10.3. The SMILES string of the molecule is CC1CNc2nccc(Oc3ccc(CC(N)C(=O)N4CCc5ccccc5C4)cc3F)c21. The molecule has 2 aliphatic heterocycles. The molecule has 3 aromatic rings. The lowest BCUT2D eigenvalue weighted by molar-refractivity contribution is -0.133. The minimum absolute atomic E-state index is 0.112. The van der Waals surface area contributed by atoms with Gasteiger partial charge in [0.2, 0.25) is 5.91 Å². The van der Waals surface area contributed by atoms with E-state index in [4.69, 9.17) is 10.5 Å². The van der Waals surface area contributed by atoms with Gasteiger partial charge in [-0.15, -0.1) is 0 Å². The third-order valence-electron chi connectivity index (χ3n) is 6.45. The van der Waals surface area contributed by atoms with E-state index in [-0.39, 0.29) is 24.0 Å². The number of nitrogens with one attached hydrogen (secondary N) is 1. The van der Waals surface area contributed by atoms with E-state index < -0.39 is 11.9 Å². The van der Waals surface area contributed by atoms with E-state index in [1.54, 1.807) is 29.3 Å². The molecule has 0 radical (unpaired) electrons. The highest BCUT2D eigenvalue weighted by molar-refractivity contribution is 5.82. The van der Waals surface area contributed by atoms with Crippen LogP contribution in [0.3, 0.4) is 0 Å². The van der Waals surface area contributed by atoms with Crippen molar-refractivity contribution in [1.29, 1.82) is 0 Å². The zero-order valence-corrected chi connectivity index (χ0v) is 18.6. The van der Waals surface area contributed by atoms with Crippen molar-refractivity contribution in [2.75, 3.05) is 18.4 Å². The van der Waals surface area contributed by atoms with Crippen molar-refractivity contribution >= 4 is 11.7 Å². The van der Waals surface area contributed by atoms with Crippen molar-refractivity contribution in [3.8, 4) is 11.5 Å². The van der Waals surface area contributed by atoms with E-state index in [9.17, 15) is 9.18 Å². The fourth-order valence-corrected chi connectivity index (χ4v) is 4.65. The highest BCUT2D eigenvalue weighted by Crippen LogP contribution is 2.39. The average Bonchev–Trinajstić information content (AvgIpc) is 3.21. The van der Waals surface area contributed by atoms with Gasteiger partial charge in [-0.1, -0.05) is 37.3 Å². The standard InChI is InChI=1S/C26H27FN4O2/c1-16-14-30-25-24(16)23(8-10-29-25)33-22-7-6-17(12-20(22)27)13-21(28)26(32)31-11-9-18-4-2-3-5-19(18)15-31/h2-8,10,12,16,21H,9,11,13-15,28H2,1H3,(H,29,30). The Balaban J connectivity index is 1.26. The Labute approximate surface area is 192 Å². The van der Waals surface area contributed by atoms with Crippen LogP contribution in [0.25, 0.3) is 0 Å². The minimum atomic E-state index is -0.725. The molecule has 1 aromatic heterocycles. The molecule has 0 fully saturated rings. The maximum atomic E-state index is 14.9. The van der Waals surface area contributed by atoms with Gasteiger partial charge in [0.05, 0.1) is 6.04 Å². The number of hydrogen-bond donors (Lipinski definition) is 2. The van der Waals surface area contributed by atoms with E-state index in [0.717, 1.165) is 29.9 Å². The summed E-state index contributed by atoms with van der Waals surface area (Å²) in [6.45, 7) is 4.06. The van der Waals surface area contributed by atoms with Crippen LogP contribution in [0.5, 0.6) is 11.5 Å². The molecule has 6 nitrogen and oxygen atoms in total. The van der Waals surface area contributed by atoms with Crippen molar-refractivity contribution in [2.24, 2.45) is 5.73 Å². The Kier molecular flexibility index (Phi) is 5.72. The molecular formula is C26H27FN4O2. The lowest BCUT2D eigenvalue weighted by atomic mass is 9.98. The monoisotopic (exact) mass is 446 g/mol. The molecule has 0 aliphatic carbocycles. The van der Waals surface area contributed by atoms with Crippen LogP contribution in [0, 0.1) is 5.82 Å². The molecule has 3 heterocycles. The number of aromatic nitrogens is 1. The number of fused-ring (bicyclic) bond motifs is 2. The molecule has 33 heavy (non-hydrogen) atoms. The van der Waals surface area contributed by atoms with Crippen molar-refractivity contribution in [1.82, 2.24) is 9.88 Å².